The van der Waals surface area contributed by atoms with Crippen molar-refractivity contribution in [3.63, 3.8) is 0 Å². The highest BCUT2D eigenvalue weighted by Crippen LogP contribution is 2.15. The van der Waals surface area contributed by atoms with Crippen LogP contribution in [0.5, 0.6) is 0 Å². The first-order chi connectivity index (χ1) is 14.1. The average Bonchev–Trinajstić information content (AvgIpc) is 2.74. The first kappa shape index (κ1) is 20.1. The quantitative estimate of drug-likeness (QED) is 0.434. The summed E-state index contributed by atoms with van der Waals surface area (Å²) in [5.41, 5.74) is 2.00. The van der Waals surface area contributed by atoms with Crippen LogP contribution < -0.4 is 10.6 Å². The number of amides is 2. The van der Waals surface area contributed by atoms with Crippen LogP contribution in [0.4, 0.5) is 5.69 Å². The number of carbonyl (C=O) groups excluding carboxylic acids is 2. The summed E-state index contributed by atoms with van der Waals surface area (Å²) < 4.78 is 0. The molecule has 0 saturated heterocycles. The van der Waals surface area contributed by atoms with Crippen molar-refractivity contribution in [2.75, 3.05) is 5.32 Å². The van der Waals surface area contributed by atoms with Gasteiger partial charge in [-0.25, -0.2) is 0 Å². The number of nitrogens with one attached hydrogen (secondary N) is 2. The van der Waals surface area contributed by atoms with Crippen molar-refractivity contribution in [1.82, 2.24) is 5.32 Å². The molecule has 4 nitrogen and oxygen atoms in total. The van der Waals surface area contributed by atoms with E-state index in [0.29, 0.717) is 16.3 Å². The van der Waals surface area contributed by atoms with E-state index in [9.17, 15) is 9.59 Å². The van der Waals surface area contributed by atoms with E-state index in [1.165, 1.54) is 0 Å². The van der Waals surface area contributed by atoms with E-state index in [4.69, 9.17) is 11.6 Å². The van der Waals surface area contributed by atoms with Gasteiger partial charge in [-0.2, -0.15) is 0 Å². The van der Waals surface area contributed by atoms with Crippen LogP contribution in [0.1, 0.15) is 15.9 Å². The molecule has 0 aliphatic carbocycles. The maximum atomic E-state index is 12.7. The number of benzene rings is 3. The van der Waals surface area contributed by atoms with Crippen LogP contribution in [-0.2, 0) is 4.79 Å². The maximum absolute atomic E-state index is 12.7. The topological polar surface area (TPSA) is 58.2 Å². The molecule has 144 valence electrons. The molecule has 0 aliphatic heterocycles. The maximum Gasteiger partial charge on any atom is 0.272 e. The monoisotopic (exact) mass is 402 g/mol. The van der Waals surface area contributed by atoms with Crippen molar-refractivity contribution < 1.29 is 9.59 Å². The Morgan fingerprint density at radius 2 is 1.41 bits per heavy atom. The van der Waals surface area contributed by atoms with Gasteiger partial charge in [0.05, 0.1) is 10.6 Å². The largest absolute Gasteiger partial charge is 0.321 e. The van der Waals surface area contributed by atoms with E-state index >= 15 is 0 Å². The van der Waals surface area contributed by atoms with Gasteiger partial charge >= 0.3 is 0 Å². The second-order valence-electron chi connectivity index (χ2n) is 6.10. The molecule has 3 rings (SSSR count). The number of carbonyl (C=O) groups is 2. The standard InChI is InChI=1S/C24H19ClN2O2/c25-21-16-8-7-15-20(21)23(28)27-22(17-9-12-18-10-3-1-4-11-18)24(29)26-19-13-5-2-6-14-19/h1-17H,(H,26,29)(H,27,28)/b12-9+,22-17+. The third-order valence-electron chi connectivity index (χ3n) is 3.99. The summed E-state index contributed by atoms with van der Waals surface area (Å²) in [6.07, 6.45) is 5.11. The third kappa shape index (κ3) is 5.92. The van der Waals surface area contributed by atoms with E-state index in [0.717, 1.165) is 5.56 Å². The van der Waals surface area contributed by atoms with Gasteiger partial charge in [0.1, 0.15) is 5.70 Å². The van der Waals surface area contributed by atoms with Gasteiger partial charge < -0.3 is 10.6 Å². The highest BCUT2D eigenvalue weighted by Gasteiger charge is 2.16. The lowest BCUT2D eigenvalue weighted by Gasteiger charge is -2.11. The summed E-state index contributed by atoms with van der Waals surface area (Å²) in [7, 11) is 0. The molecule has 0 radical (unpaired) electrons. The molecule has 0 unspecified atom stereocenters. The lowest BCUT2D eigenvalue weighted by atomic mass is 10.2. The summed E-state index contributed by atoms with van der Waals surface area (Å²) in [5.74, 6) is -0.896. The van der Waals surface area contributed by atoms with Gasteiger partial charge in [0.25, 0.3) is 11.8 Å². The van der Waals surface area contributed by atoms with E-state index in [1.807, 2.05) is 54.6 Å². The summed E-state index contributed by atoms with van der Waals surface area (Å²) in [4.78, 5) is 25.4. The SMILES string of the molecule is O=C(Nc1ccccc1)/C(=C\C=C\c1ccccc1)NC(=O)c1ccccc1Cl. The fraction of sp³-hybridized carbons (Fsp3) is 0. The molecule has 2 N–H and O–H groups in total. The first-order valence-corrected chi connectivity index (χ1v) is 9.37. The predicted octanol–water partition coefficient (Wildman–Crippen LogP) is 5.31. The molecule has 0 bridgehead atoms. The first-order valence-electron chi connectivity index (χ1n) is 8.99. The molecule has 0 spiro atoms. The molecule has 0 fully saturated rings. The molecule has 0 aliphatic rings. The summed E-state index contributed by atoms with van der Waals surface area (Å²) in [5, 5.41) is 5.74. The minimum Gasteiger partial charge on any atom is -0.321 e. The number of hydrogen-bond acceptors (Lipinski definition) is 2. The van der Waals surface area contributed by atoms with Crippen LogP contribution in [0.25, 0.3) is 6.08 Å². The van der Waals surface area contributed by atoms with Crippen molar-refractivity contribution in [2.24, 2.45) is 0 Å². The van der Waals surface area contributed by atoms with Crippen molar-refractivity contribution in [2.45, 2.75) is 0 Å². The lowest BCUT2D eigenvalue weighted by Crippen LogP contribution is -2.30. The Bertz CT molecular complexity index is 1040. The summed E-state index contributed by atoms with van der Waals surface area (Å²) in [6, 6.07) is 25.4. The zero-order valence-electron chi connectivity index (χ0n) is 15.5. The van der Waals surface area contributed by atoms with Gasteiger partial charge in [-0.15, -0.1) is 0 Å². The molecule has 2 amide bonds. The minimum absolute atomic E-state index is 0.103. The molecule has 0 saturated carbocycles. The van der Waals surface area contributed by atoms with Gasteiger partial charge in [0.2, 0.25) is 0 Å². The second kappa shape index (κ2) is 10.1. The Hall–Kier alpha value is -3.63. The van der Waals surface area contributed by atoms with Gasteiger partial charge in [0.15, 0.2) is 0 Å². The Kier molecular flexibility index (Phi) is 6.98. The lowest BCUT2D eigenvalue weighted by molar-refractivity contribution is -0.113. The number of allylic oxidation sites excluding steroid dienone is 2. The van der Waals surface area contributed by atoms with Crippen LogP contribution in [0, 0.1) is 0 Å². The highest BCUT2D eigenvalue weighted by molar-refractivity contribution is 6.34. The third-order valence-corrected chi connectivity index (χ3v) is 4.32. The summed E-state index contributed by atoms with van der Waals surface area (Å²) in [6.45, 7) is 0. The molecule has 0 aromatic heterocycles. The zero-order valence-corrected chi connectivity index (χ0v) is 16.3. The minimum atomic E-state index is -0.460. The van der Waals surface area contributed by atoms with Crippen molar-refractivity contribution >= 4 is 35.2 Å². The molecule has 3 aromatic carbocycles. The summed E-state index contributed by atoms with van der Waals surface area (Å²) >= 11 is 6.10. The van der Waals surface area contributed by atoms with Crippen LogP contribution >= 0.6 is 11.6 Å². The zero-order chi connectivity index (χ0) is 20.5. The highest BCUT2D eigenvalue weighted by atomic mass is 35.5. The van der Waals surface area contributed by atoms with Gasteiger partial charge in [-0.05, 0) is 35.9 Å². The predicted molar refractivity (Wildman–Crippen MR) is 118 cm³/mol. The Morgan fingerprint density at radius 1 is 0.793 bits per heavy atom. The van der Waals surface area contributed by atoms with Crippen molar-refractivity contribution in [3.05, 3.63) is 119 Å². The number of anilines is 1. The van der Waals surface area contributed by atoms with Crippen molar-refractivity contribution in [1.29, 1.82) is 0 Å². The van der Waals surface area contributed by atoms with Crippen LogP contribution in [0.3, 0.4) is 0 Å². The van der Waals surface area contributed by atoms with E-state index in [1.54, 1.807) is 48.6 Å². The number of hydrogen-bond donors (Lipinski definition) is 2. The smallest absolute Gasteiger partial charge is 0.272 e. The van der Waals surface area contributed by atoms with Crippen LogP contribution in [0.15, 0.2) is 103 Å². The van der Waals surface area contributed by atoms with E-state index in [2.05, 4.69) is 10.6 Å². The Balaban J connectivity index is 1.83. The molecule has 0 atom stereocenters. The Labute approximate surface area is 174 Å². The van der Waals surface area contributed by atoms with Crippen molar-refractivity contribution in [3.8, 4) is 0 Å². The van der Waals surface area contributed by atoms with E-state index < -0.39 is 11.8 Å². The fourth-order valence-electron chi connectivity index (χ4n) is 2.55. The van der Waals surface area contributed by atoms with Crippen LogP contribution in [0.2, 0.25) is 5.02 Å². The van der Waals surface area contributed by atoms with E-state index in [-0.39, 0.29) is 5.70 Å². The van der Waals surface area contributed by atoms with Gasteiger partial charge in [0, 0.05) is 5.69 Å². The van der Waals surface area contributed by atoms with Gasteiger partial charge in [-0.1, -0.05) is 84.4 Å². The Morgan fingerprint density at radius 3 is 2.10 bits per heavy atom. The second-order valence-corrected chi connectivity index (χ2v) is 6.51. The van der Waals surface area contributed by atoms with Crippen LogP contribution in [-0.4, -0.2) is 11.8 Å². The molecular weight excluding hydrogens is 384 g/mol. The molecule has 3 aromatic rings. The molecule has 29 heavy (non-hydrogen) atoms. The normalized spacial score (nSPS) is 11.3. The molecular formula is C24H19ClN2O2. The number of rotatable bonds is 6. The molecule has 0 heterocycles. The number of halogens is 1. The van der Waals surface area contributed by atoms with Gasteiger partial charge in [-0.3, -0.25) is 9.59 Å². The average molecular weight is 403 g/mol. The molecule has 5 heteroatoms. The fourth-order valence-corrected chi connectivity index (χ4v) is 2.77. The number of para-hydroxylation sites is 1.